The normalized spacial score (nSPS) is 12.7. The van der Waals surface area contributed by atoms with Gasteiger partial charge in [0.25, 0.3) is 0 Å². The minimum absolute atomic E-state index is 0.188. The van der Waals surface area contributed by atoms with Gasteiger partial charge >= 0.3 is 0 Å². The van der Waals surface area contributed by atoms with E-state index >= 15 is 0 Å². The molecule has 0 spiro atoms. The Bertz CT molecular complexity index is 75.5. The minimum Gasteiger partial charge on any atom is -0.127 e. The van der Waals surface area contributed by atoms with E-state index in [1.54, 1.807) is 0 Å². The molecule has 0 aliphatic rings. The lowest BCUT2D eigenvalue weighted by atomic mass is 10.2. The molecule has 0 fully saturated rings. The van der Waals surface area contributed by atoms with Crippen molar-refractivity contribution in [2.24, 2.45) is 0 Å². The van der Waals surface area contributed by atoms with Crippen LogP contribution in [0.5, 0.6) is 0 Å². The van der Waals surface area contributed by atoms with Crippen LogP contribution in [-0.2, 0) is 0 Å². The lowest BCUT2D eigenvalue weighted by Crippen LogP contribution is -2.21. The Kier molecular flexibility index (Phi) is 3.82. The third-order valence-electron chi connectivity index (χ3n) is 1.75. The van der Waals surface area contributed by atoms with E-state index < -0.39 is 0 Å². The maximum absolute atomic E-state index is 5.63. The maximum Gasteiger partial charge on any atom is 0.0516 e. The van der Waals surface area contributed by atoms with Gasteiger partial charge in [-0.15, -0.1) is 11.6 Å². The van der Waals surface area contributed by atoms with Crippen molar-refractivity contribution < 1.29 is 0 Å². The molecule has 0 nitrogen and oxygen atoms in total. The van der Waals surface area contributed by atoms with E-state index in [0.717, 1.165) is 5.88 Å². The largest absolute Gasteiger partial charge is 0.127 e. The van der Waals surface area contributed by atoms with E-state index in [-0.39, 0.29) is 8.80 Å². The van der Waals surface area contributed by atoms with Gasteiger partial charge in [0.15, 0.2) is 0 Å². The van der Waals surface area contributed by atoms with Gasteiger partial charge in [0, 0.05) is 5.88 Å². The first-order valence-corrected chi connectivity index (χ1v) is 6.11. The highest BCUT2D eigenvalue weighted by atomic mass is 35.5. The summed E-state index contributed by atoms with van der Waals surface area (Å²) < 4.78 is 0. The molecule has 0 saturated carbocycles. The van der Waals surface area contributed by atoms with Crippen LogP contribution in [0.3, 0.4) is 0 Å². The molecule has 9 heavy (non-hydrogen) atoms. The molecule has 55 valence electrons. The van der Waals surface area contributed by atoms with Gasteiger partial charge in [-0.05, 0) is 11.1 Å². The molecule has 2 heteroatoms. The molecular weight excluding hydrogens is 148 g/mol. The molecule has 0 rings (SSSR count). The SMILES string of the molecule is C[Si](CCCl)C(C)(C)C. The number of hydrogen-bond acceptors (Lipinski definition) is 0. The fourth-order valence-corrected chi connectivity index (χ4v) is 2.40. The Labute approximate surface area is 65.2 Å². The van der Waals surface area contributed by atoms with E-state index in [9.17, 15) is 0 Å². The Morgan fingerprint density at radius 3 is 1.89 bits per heavy atom. The van der Waals surface area contributed by atoms with Crippen LogP contribution in [-0.4, -0.2) is 14.7 Å². The molecule has 0 amide bonds. The zero-order valence-electron chi connectivity index (χ0n) is 6.79. The van der Waals surface area contributed by atoms with E-state index in [2.05, 4.69) is 27.3 Å². The number of halogens is 1. The van der Waals surface area contributed by atoms with Crippen molar-refractivity contribution in [2.75, 3.05) is 5.88 Å². The molecule has 0 atom stereocenters. The highest BCUT2D eigenvalue weighted by Gasteiger charge is 2.20. The summed E-state index contributed by atoms with van der Waals surface area (Å²) >= 11 is 5.63. The standard InChI is InChI=1S/C7H16ClSi/c1-7(2,3)9(4)6-5-8/h5-6H2,1-4H3. The average Bonchev–Trinajstić information content (AvgIpc) is 1.64. The predicted molar refractivity (Wildman–Crippen MR) is 46.9 cm³/mol. The fourth-order valence-electron chi connectivity index (χ4n) is 0.517. The van der Waals surface area contributed by atoms with Gasteiger partial charge in [-0.3, -0.25) is 0 Å². The van der Waals surface area contributed by atoms with Gasteiger partial charge in [-0.1, -0.05) is 27.3 Å². The molecular formula is C7H16ClSi. The van der Waals surface area contributed by atoms with E-state index in [1.165, 1.54) is 6.04 Å². The van der Waals surface area contributed by atoms with Gasteiger partial charge in [0.05, 0.1) is 8.80 Å². The van der Waals surface area contributed by atoms with Crippen LogP contribution in [0.4, 0.5) is 0 Å². The van der Waals surface area contributed by atoms with Crippen molar-refractivity contribution in [3.05, 3.63) is 0 Å². The second-order valence-electron chi connectivity index (χ2n) is 3.47. The summed E-state index contributed by atoms with van der Waals surface area (Å²) in [6.45, 7) is 9.25. The Hall–Kier alpha value is 0.507. The topological polar surface area (TPSA) is 0 Å². The molecule has 1 radical (unpaired) electrons. The minimum atomic E-state index is -0.188. The highest BCUT2D eigenvalue weighted by molar-refractivity contribution is 6.61. The summed E-state index contributed by atoms with van der Waals surface area (Å²) in [6.07, 6.45) is 0. The van der Waals surface area contributed by atoms with Gasteiger partial charge in [-0.25, -0.2) is 0 Å². The van der Waals surface area contributed by atoms with Gasteiger partial charge in [0.2, 0.25) is 0 Å². The first-order valence-electron chi connectivity index (χ1n) is 3.37. The summed E-state index contributed by atoms with van der Waals surface area (Å²) in [5.41, 5.74) is 0. The Morgan fingerprint density at radius 2 is 1.78 bits per heavy atom. The van der Waals surface area contributed by atoms with Crippen LogP contribution in [0.25, 0.3) is 0 Å². The Balaban J connectivity index is 3.59. The molecule has 0 aromatic heterocycles. The average molecular weight is 164 g/mol. The third-order valence-corrected chi connectivity index (χ3v) is 5.82. The second-order valence-corrected chi connectivity index (χ2v) is 7.41. The zero-order valence-corrected chi connectivity index (χ0v) is 8.55. The molecule has 0 aliphatic heterocycles. The van der Waals surface area contributed by atoms with Crippen LogP contribution in [0, 0.1) is 0 Å². The first-order chi connectivity index (χ1) is 3.98. The van der Waals surface area contributed by atoms with Gasteiger partial charge in [0.1, 0.15) is 0 Å². The molecule has 0 aliphatic carbocycles. The summed E-state index contributed by atoms with van der Waals surface area (Å²) in [7, 11) is -0.188. The molecule has 0 N–H and O–H groups in total. The predicted octanol–water partition coefficient (Wildman–Crippen LogP) is 3.15. The summed E-state index contributed by atoms with van der Waals surface area (Å²) in [5.74, 6) is 0.835. The van der Waals surface area contributed by atoms with Crippen LogP contribution >= 0.6 is 11.6 Å². The smallest absolute Gasteiger partial charge is 0.0516 e. The van der Waals surface area contributed by atoms with E-state index in [0.29, 0.717) is 5.04 Å². The van der Waals surface area contributed by atoms with Crippen molar-refractivity contribution in [1.82, 2.24) is 0 Å². The highest BCUT2D eigenvalue weighted by Crippen LogP contribution is 2.28. The molecule has 0 bridgehead atoms. The van der Waals surface area contributed by atoms with Crippen LogP contribution in [0.1, 0.15) is 20.8 Å². The van der Waals surface area contributed by atoms with E-state index in [1.807, 2.05) is 0 Å². The monoisotopic (exact) mass is 163 g/mol. The first kappa shape index (κ1) is 9.51. The number of alkyl halides is 1. The zero-order chi connectivity index (χ0) is 7.49. The van der Waals surface area contributed by atoms with Crippen molar-refractivity contribution >= 4 is 20.4 Å². The molecule has 0 unspecified atom stereocenters. The number of rotatable bonds is 2. The van der Waals surface area contributed by atoms with Crippen LogP contribution in [0.15, 0.2) is 0 Å². The second kappa shape index (κ2) is 3.62. The fraction of sp³-hybridized carbons (Fsp3) is 1.00. The Morgan fingerprint density at radius 1 is 1.33 bits per heavy atom. The van der Waals surface area contributed by atoms with Crippen molar-refractivity contribution in [1.29, 1.82) is 0 Å². The van der Waals surface area contributed by atoms with E-state index in [4.69, 9.17) is 11.6 Å². The summed E-state index contributed by atoms with van der Waals surface area (Å²) in [5, 5.41) is 0.527. The van der Waals surface area contributed by atoms with Crippen molar-refractivity contribution in [3.63, 3.8) is 0 Å². The van der Waals surface area contributed by atoms with Crippen LogP contribution in [0.2, 0.25) is 17.6 Å². The summed E-state index contributed by atoms with van der Waals surface area (Å²) in [4.78, 5) is 0. The van der Waals surface area contributed by atoms with Gasteiger partial charge in [-0.2, -0.15) is 0 Å². The van der Waals surface area contributed by atoms with Crippen molar-refractivity contribution in [2.45, 2.75) is 38.4 Å². The molecule has 0 aromatic carbocycles. The molecule has 0 saturated heterocycles. The number of hydrogen-bond donors (Lipinski definition) is 0. The lowest BCUT2D eigenvalue weighted by Gasteiger charge is -2.24. The van der Waals surface area contributed by atoms with Gasteiger partial charge < -0.3 is 0 Å². The maximum atomic E-state index is 5.63. The molecule has 0 heterocycles. The summed E-state index contributed by atoms with van der Waals surface area (Å²) in [6, 6.07) is 1.23. The van der Waals surface area contributed by atoms with Crippen LogP contribution < -0.4 is 0 Å². The van der Waals surface area contributed by atoms with Crippen molar-refractivity contribution in [3.8, 4) is 0 Å². The lowest BCUT2D eigenvalue weighted by molar-refractivity contribution is 0.735. The molecule has 0 aromatic rings. The third kappa shape index (κ3) is 3.99. The quantitative estimate of drug-likeness (QED) is 0.434.